The number of carbonyl (C=O) groups is 2. The summed E-state index contributed by atoms with van der Waals surface area (Å²) in [6.07, 6.45) is 1.36. The average molecular weight is 388 g/mol. The van der Waals surface area contributed by atoms with Crippen LogP contribution in [0.25, 0.3) is 11.4 Å². The number of nitrogens with zero attached hydrogens (tertiary/aromatic N) is 3. The van der Waals surface area contributed by atoms with Crippen molar-refractivity contribution in [3.8, 4) is 17.1 Å². The van der Waals surface area contributed by atoms with Crippen LogP contribution < -0.4 is 21.4 Å². The number of benzene rings is 1. The number of hydrogen-bond acceptors (Lipinski definition) is 8. The molecular weight excluding hydrogens is 372 g/mol. The molecule has 3 rings (SSSR count). The number of methoxy groups -OCH3 is 1. The molecule has 2 aromatic heterocycles. The van der Waals surface area contributed by atoms with Gasteiger partial charge in [0, 0.05) is 5.56 Å². The van der Waals surface area contributed by atoms with Crippen molar-refractivity contribution in [1.29, 1.82) is 0 Å². The molecule has 2 amide bonds. The fraction of sp³-hybridized carbons (Fsp3) is 0.125. The number of thioether (sulfide) groups is 1. The maximum atomic E-state index is 11.9. The largest absolute Gasteiger partial charge is 0.497 e. The van der Waals surface area contributed by atoms with E-state index in [-0.39, 0.29) is 11.5 Å². The molecule has 3 aromatic rings. The van der Waals surface area contributed by atoms with Crippen molar-refractivity contribution in [2.24, 2.45) is 0 Å². The molecule has 0 aliphatic heterocycles. The first-order chi connectivity index (χ1) is 13.1. The lowest BCUT2D eigenvalue weighted by molar-refractivity contribution is -0.119. The lowest BCUT2D eigenvalue weighted by Crippen LogP contribution is -2.42. The van der Waals surface area contributed by atoms with Gasteiger partial charge in [-0.15, -0.1) is 10.2 Å². The van der Waals surface area contributed by atoms with Gasteiger partial charge < -0.3 is 15.0 Å². The highest BCUT2D eigenvalue weighted by molar-refractivity contribution is 7.99. The van der Waals surface area contributed by atoms with Gasteiger partial charge in [0.05, 0.1) is 19.1 Å². The standard InChI is InChI=1S/C16H16N6O4S/c1-25-11-6-4-10(5-7-11)14-19-21-16(22(14)17)27-9-13(23)18-20-15(24)12-3-2-8-26-12/h2-8H,9,17H2,1H3,(H,18,23)(H,20,24). The van der Waals surface area contributed by atoms with Crippen LogP contribution in [0.3, 0.4) is 0 Å². The Hall–Kier alpha value is -3.47. The number of ether oxygens (including phenoxy) is 1. The monoisotopic (exact) mass is 388 g/mol. The molecule has 4 N–H and O–H groups in total. The van der Waals surface area contributed by atoms with Crippen molar-refractivity contribution in [3.05, 3.63) is 48.4 Å². The molecule has 0 radical (unpaired) electrons. The summed E-state index contributed by atoms with van der Waals surface area (Å²) in [5, 5.41) is 8.37. The lowest BCUT2D eigenvalue weighted by Gasteiger charge is -2.06. The Morgan fingerprint density at radius 1 is 1.22 bits per heavy atom. The lowest BCUT2D eigenvalue weighted by atomic mass is 10.2. The van der Waals surface area contributed by atoms with Crippen LogP contribution in [0.15, 0.2) is 52.2 Å². The van der Waals surface area contributed by atoms with Gasteiger partial charge in [0.1, 0.15) is 5.75 Å². The Balaban J connectivity index is 1.54. The molecule has 0 bridgehead atoms. The van der Waals surface area contributed by atoms with E-state index < -0.39 is 11.8 Å². The summed E-state index contributed by atoms with van der Waals surface area (Å²) in [5.74, 6) is 6.25. The van der Waals surface area contributed by atoms with Crippen LogP contribution in [0.4, 0.5) is 0 Å². The van der Waals surface area contributed by atoms with Crippen molar-refractivity contribution in [3.63, 3.8) is 0 Å². The van der Waals surface area contributed by atoms with Crippen molar-refractivity contribution in [1.82, 2.24) is 25.7 Å². The molecule has 11 heteroatoms. The smallest absolute Gasteiger partial charge is 0.305 e. The molecule has 0 atom stereocenters. The van der Waals surface area contributed by atoms with Gasteiger partial charge in [0.15, 0.2) is 11.6 Å². The Morgan fingerprint density at radius 2 is 2.00 bits per heavy atom. The third-order valence-corrected chi connectivity index (χ3v) is 4.35. The number of hydrogen-bond donors (Lipinski definition) is 3. The normalized spacial score (nSPS) is 10.4. The zero-order valence-corrected chi connectivity index (χ0v) is 15.0. The Bertz CT molecular complexity index is 923. The van der Waals surface area contributed by atoms with Gasteiger partial charge in [-0.1, -0.05) is 11.8 Å². The number of amides is 2. The van der Waals surface area contributed by atoms with Gasteiger partial charge in [-0.2, -0.15) is 0 Å². The first-order valence-electron chi connectivity index (χ1n) is 7.69. The third-order valence-electron chi connectivity index (χ3n) is 3.41. The highest BCUT2D eigenvalue weighted by Gasteiger charge is 2.15. The van der Waals surface area contributed by atoms with E-state index in [1.54, 1.807) is 37.4 Å². The second-order valence-electron chi connectivity index (χ2n) is 5.17. The summed E-state index contributed by atoms with van der Waals surface area (Å²) >= 11 is 1.08. The van der Waals surface area contributed by atoms with Crippen LogP contribution in [-0.4, -0.2) is 39.6 Å². The Labute approximate surface area is 158 Å². The summed E-state index contributed by atoms with van der Waals surface area (Å²) in [6.45, 7) is 0. The maximum Gasteiger partial charge on any atom is 0.305 e. The maximum absolute atomic E-state index is 11.9. The molecule has 10 nitrogen and oxygen atoms in total. The molecule has 0 fully saturated rings. The third kappa shape index (κ3) is 4.39. The number of rotatable bonds is 6. The van der Waals surface area contributed by atoms with Crippen molar-refractivity contribution >= 4 is 23.6 Å². The first-order valence-corrected chi connectivity index (χ1v) is 8.67. The Kier molecular flexibility index (Phi) is 5.61. The number of aromatic nitrogens is 3. The van der Waals surface area contributed by atoms with Crippen LogP contribution >= 0.6 is 11.8 Å². The van der Waals surface area contributed by atoms with Crippen LogP contribution in [0.2, 0.25) is 0 Å². The van der Waals surface area contributed by atoms with E-state index in [1.807, 2.05) is 0 Å². The number of carbonyl (C=O) groups excluding carboxylic acids is 2. The summed E-state index contributed by atoms with van der Waals surface area (Å²) in [5.41, 5.74) is 5.28. The van der Waals surface area contributed by atoms with Crippen LogP contribution in [0, 0.1) is 0 Å². The molecule has 0 saturated heterocycles. The van der Waals surface area contributed by atoms with Gasteiger partial charge in [0.25, 0.3) is 0 Å². The van der Waals surface area contributed by atoms with E-state index >= 15 is 0 Å². The minimum Gasteiger partial charge on any atom is -0.497 e. The molecule has 1 aromatic carbocycles. The van der Waals surface area contributed by atoms with Gasteiger partial charge in [-0.05, 0) is 36.4 Å². The van der Waals surface area contributed by atoms with Gasteiger partial charge in [-0.25, -0.2) is 4.68 Å². The number of nitrogens with two attached hydrogens (primary N) is 1. The first kappa shape index (κ1) is 18.3. The second kappa shape index (κ2) is 8.27. The minimum absolute atomic E-state index is 0.0175. The van der Waals surface area contributed by atoms with Crippen LogP contribution in [0.1, 0.15) is 10.6 Å². The Morgan fingerprint density at radius 3 is 2.67 bits per heavy atom. The predicted molar refractivity (Wildman–Crippen MR) is 97.2 cm³/mol. The number of nitrogens with one attached hydrogen (secondary N) is 2. The molecule has 0 saturated carbocycles. The second-order valence-corrected chi connectivity index (χ2v) is 6.12. The molecule has 27 heavy (non-hydrogen) atoms. The number of furan rings is 1. The summed E-state index contributed by atoms with van der Waals surface area (Å²) in [7, 11) is 1.58. The summed E-state index contributed by atoms with van der Waals surface area (Å²) in [4.78, 5) is 23.5. The average Bonchev–Trinajstić information content (AvgIpc) is 3.35. The number of nitrogen functional groups attached to an aromatic ring is 1. The van der Waals surface area contributed by atoms with Crippen molar-refractivity contribution in [2.75, 3.05) is 18.7 Å². The van der Waals surface area contributed by atoms with E-state index in [2.05, 4.69) is 21.0 Å². The van der Waals surface area contributed by atoms with E-state index in [9.17, 15) is 9.59 Å². The quantitative estimate of drug-likeness (QED) is 0.320. The topological polar surface area (TPSA) is 137 Å². The molecule has 140 valence electrons. The molecule has 0 spiro atoms. The minimum atomic E-state index is -0.554. The fourth-order valence-corrected chi connectivity index (χ4v) is 2.73. The molecule has 2 heterocycles. The van der Waals surface area contributed by atoms with Gasteiger partial charge in [0.2, 0.25) is 11.1 Å². The zero-order valence-electron chi connectivity index (χ0n) is 14.2. The molecule has 0 aliphatic carbocycles. The summed E-state index contributed by atoms with van der Waals surface area (Å²) in [6, 6.07) is 10.2. The summed E-state index contributed by atoms with van der Waals surface area (Å²) < 4.78 is 11.3. The number of hydrazine groups is 1. The highest BCUT2D eigenvalue weighted by Crippen LogP contribution is 2.23. The molecule has 0 aliphatic rings. The van der Waals surface area contributed by atoms with Crippen molar-refractivity contribution < 1.29 is 18.7 Å². The predicted octanol–water partition coefficient (Wildman–Crippen LogP) is 0.814. The fourth-order valence-electron chi connectivity index (χ4n) is 2.07. The van der Waals surface area contributed by atoms with Crippen molar-refractivity contribution in [2.45, 2.75) is 5.16 Å². The van der Waals surface area contributed by atoms with E-state index in [4.69, 9.17) is 15.0 Å². The molecule has 0 unspecified atom stereocenters. The van der Waals surface area contributed by atoms with E-state index in [0.717, 1.165) is 17.3 Å². The van der Waals surface area contributed by atoms with Gasteiger partial charge in [-0.3, -0.25) is 20.4 Å². The molecular formula is C16H16N6O4S. The van der Waals surface area contributed by atoms with Gasteiger partial charge >= 0.3 is 5.91 Å². The van der Waals surface area contributed by atoms with Crippen LogP contribution in [-0.2, 0) is 4.79 Å². The van der Waals surface area contributed by atoms with E-state index in [0.29, 0.717) is 16.7 Å². The van der Waals surface area contributed by atoms with E-state index in [1.165, 1.54) is 17.0 Å². The zero-order chi connectivity index (χ0) is 19.2. The SMILES string of the molecule is COc1ccc(-c2nnc(SCC(=O)NNC(=O)c3ccco3)n2N)cc1. The van der Waals surface area contributed by atoms with Crippen LogP contribution in [0.5, 0.6) is 5.75 Å². The highest BCUT2D eigenvalue weighted by atomic mass is 32.2.